The first-order valence-corrected chi connectivity index (χ1v) is 6.85. The lowest BCUT2D eigenvalue weighted by Gasteiger charge is -2.20. The first-order valence-electron chi connectivity index (χ1n) is 6.85. The van der Waals surface area contributed by atoms with Crippen molar-refractivity contribution in [3.05, 3.63) is 65.0 Å². The molecule has 0 fully saturated rings. The molecule has 0 amide bonds. The highest BCUT2D eigenvalue weighted by Crippen LogP contribution is 2.18. The van der Waals surface area contributed by atoms with Crippen molar-refractivity contribution in [2.24, 2.45) is 5.73 Å². The predicted molar refractivity (Wildman–Crippen MR) is 85.6 cm³/mol. The van der Waals surface area contributed by atoms with E-state index < -0.39 is 0 Å². The maximum absolute atomic E-state index is 13.4. The normalized spacial score (nSPS) is 9.90. The monoisotopic (exact) mass is 282 g/mol. The largest absolute Gasteiger partial charge is 0.370 e. The van der Waals surface area contributed by atoms with Gasteiger partial charge in [-0.25, -0.2) is 4.39 Å². The summed E-state index contributed by atoms with van der Waals surface area (Å²) in [7, 11) is 2.01. The molecular weight excluding hydrogens is 263 g/mol. The van der Waals surface area contributed by atoms with Crippen molar-refractivity contribution in [1.29, 1.82) is 0 Å². The van der Waals surface area contributed by atoms with E-state index in [9.17, 15) is 4.39 Å². The third-order valence-corrected chi connectivity index (χ3v) is 3.28. The molecule has 0 aliphatic heterocycles. The summed E-state index contributed by atoms with van der Waals surface area (Å²) >= 11 is 0. The van der Waals surface area contributed by atoms with Crippen LogP contribution < -0.4 is 10.6 Å². The van der Waals surface area contributed by atoms with Crippen LogP contribution in [-0.4, -0.2) is 13.6 Å². The molecule has 0 unspecified atom stereocenters. The van der Waals surface area contributed by atoms with Gasteiger partial charge >= 0.3 is 0 Å². The summed E-state index contributed by atoms with van der Waals surface area (Å²) in [5.74, 6) is 5.44. The SMILES string of the molecule is Cc1ccc(N(C)Cc2ccc(F)cc2C#CCN)cc1. The van der Waals surface area contributed by atoms with Crippen LogP contribution >= 0.6 is 0 Å². The molecule has 0 spiro atoms. The number of hydrogen-bond donors (Lipinski definition) is 1. The Bertz CT molecular complexity index is 666. The zero-order valence-corrected chi connectivity index (χ0v) is 12.4. The number of nitrogens with zero attached hydrogens (tertiary/aromatic N) is 1. The Morgan fingerprint density at radius 2 is 1.86 bits per heavy atom. The minimum absolute atomic E-state index is 0.268. The summed E-state index contributed by atoms with van der Waals surface area (Å²) in [6.07, 6.45) is 0. The molecule has 108 valence electrons. The number of hydrogen-bond acceptors (Lipinski definition) is 2. The molecule has 0 atom stereocenters. The highest BCUT2D eigenvalue weighted by molar-refractivity contribution is 5.49. The fourth-order valence-electron chi connectivity index (χ4n) is 2.10. The van der Waals surface area contributed by atoms with Crippen molar-refractivity contribution in [1.82, 2.24) is 0 Å². The molecule has 2 nitrogen and oxygen atoms in total. The minimum atomic E-state index is -0.280. The lowest BCUT2D eigenvalue weighted by molar-refractivity contribution is 0.626. The lowest BCUT2D eigenvalue weighted by Crippen LogP contribution is -2.17. The van der Waals surface area contributed by atoms with Gasteiger partial charge in [0.25, 0.3) is 0 Å². The fourth-order valence-corrected chi connectivity index (χ4v) is 2.10. The number of aryl methyl sites for hydroxylation is 1. The lowest BCUT2D eigenvalue weighted by atomic mass is 10.1. The van der Waals surface area contributed by atoms with E-state index in [2.05, 4.69) is 47.9 Å². The summed E-state index contributed by atoms with van der Waals surface area (Å²) in [5, 5.41) is 0. The van der Waals surface area contributed by atoms with Crippen LogP contribution in [0.4, 0.5) is 10.1 Å². The van der Waals surface area contributed by atoms with Crippen LogP contribution in [0.15, 0.2) is 42.5 Å². The number of benzene rings is 2. The second-order valence-electron chi connectivity index (χ2n) is 5.00. The standard InChI is InChI=1S/C18H19FN2/c1-14-5-9-18(10-6-14)21(2)13-16-7-8-17(19)12-15(16)4-3-11-20/h5-10,12H,11,13,20H2,1-2H3. The summed E-state index contributed by atoms with van der Waals surface area (Å²) in [6.45, 7) is 2.99. The van der Waals surface area contributed by atoms with Gasteiger partial charge in [0.05, 0.1) is 6.54 Å². The van der Waals surface area contributed by atoms with E-state index in [-0.39, 0.29) is 12.4 Å². The van der Waals surface area contributed by atoms with Gasteiger partial charge in [-0.15, -0.1) is 0 Å². The average molecular weight is 282 g/mol. The van der Waals surface area contributed by atoms with Gasteiger partial charge in [-0.05, 0) is 36.8 Å². The van der Waals surface area contributed by atoms with Crippen molar-refractivity contribution >= 4 is 5.69 Å². The van der Waals surface area contributed by atoms with Crippen LogP contribution in [0.2, 0.25) is 0 Å². The second kappa shape index (κ2) is 6.92. The molecule has 0 aliphatic carbocycles. The molecule has 0 saturated heterocycles. The van der Waals surface area contributed by atoms with Gasteiger partial charge in [0.2, 0.25) is 0 Å². The van der Waals surface area contributed by atoms with Crippen molar-refractivity contribution in [3.63, 3.8) is 0 Å². The molecule has 0 aliphatic rings. The maximum Gasteiger partial charge on any atom is 0.124 e. The van der Waals surface area contributed by atoms with E-state index in [1.54, 1.807) is 6.07 Å². The number of anilines is 1. The molecule has 21 heavy (non-hydrogen) atoms. The molecule has 2 N–H and O–H groups in total. The molecule has 0 heterocycles. The second-order valence-corrected chi connectivity index (χ2v) is 5.00. The molecule has 0 bridgehead atoms. The predicted octanol–water partition coefficient (Wildman–Crippen LogP) is 3.08. The third-order valence-electron chi connectivity index (χ3n) is 3.28. The third kappa shape index (κ3) is 4.08. The Balaban J connectivity index is 2.24. The molecule has 0 saturated carbocycles. The summed E-state index contributed by atoms with van der Waals surface area (Å²) in [6, 6.07) is 13.0. The Morgan fingerprint density at radius 3 is 2.52 bits per heavy atom. The van der Waals surface area contributed by atoms with Crippen LogP contribution in [0.25, 0.3) is 0 Å². The fraction of sp³-hybridized carbons (Fsp3) is 0.222. The minimum Gasteiger partial charge on any atom is -0.370 e. The highest BCUT2D eigenvalue weighted by atomic mass is 19.1. The van der Waals surface area contributed by atoms with Gasteiger partial charge in [-0.2, -0.15) is 0 Å². The number of halogens is 1. The maximum atomic E-state index is 13.4. The summed E-state index contributed by atoms with van der Waals surface area (Å²) in [5.41, 5.74) is 9.41. The van der Waals surface area contributed by atoms with Crippen LogP contribution in [0.3, 0.4) is 0 Å². The first-order chi connectivity index (χ1) is 10.1. The zero-order valence-electron chi connectivity index (χ0n) is 12.4. The van der Waals surface area contributed by atoms with Gasteiger partial charge in [0.15, 0.2) is 0 Å². The molecule has 0 aromatic heterocycles. The molecule has 2 aromatic carbocycles. The summed E-state index contributed by atoms with van der Waals surface area (Å²) < 4.78 is 13.4. The molecule has 3 heteroatoms. The van der Waals surface area contributed by atoms with Crippen LogP contribution in [0, 0.1) is 24.6 Å². The highest BCUT2D eigenvalue weighted by Gasteiger charge is 2.06. The molecule has 0 radical (unpaired) electrons. The van der Waals surface area contributed by atoms with E-state index >= 15 is 0 Å². The van der Waals surface area contributed by atoms with Crippen molar-refractivity contribution in [3.8, 4) is 11.8 Å². The Labute approximate surface area is 125 Å². The van der Waals surface area contributed by atoms with Crippen molar-refractivity contribution in [2.75, 3.05) is 18.5 Å². The smallest absolute Gasteiger partial charge is 0.124 e. The van der Waals surface area contributed by atoms with E-state index in [0.29, 0.717) is 12.1 Å². The number of rotatable bonds is 3. The quantitative estimate of drug-likeness (QED) is 0.877. The molecular formula is C18H19FN2. The van der Waals surface area contributed by atoms with E-state index in [1.165, 1.54) is 17.7 Å². The van der Waals surface area contributed by atoms with Gasteiger partial charge in [0, 0.05) is 24.8 Å². The van der Waals surface area contributed by atoms with Crippen LogP contribution in [-0.2, 0) is 6.54 Å². The topological polar surface area (TPSA) is 29.3 Å². The van der Waals surface area contributed by atoms with Crippen LogP contribution in [0.5, 0.6) is 0 Å². The average Bonchev–Trinajstić information content (AvgIpc) is 2.48. The number of nitrogens with two attached hydrogens (primary N) is 1. The van der Waals surface area contributed by atoms with Gasteiger partial charge < -0.3 is 10.6 Å². The first kappa shape index (κ1) is 15.1. The molecule has 2 aromatic rings. The van der Waals surface area contributed by atoms with Gasteiger partial charge in [-0.3, -0.25) is 0 Å². The van der Waals surface area contributed by atoms with Crippen molar-refractivity contribution < 1.29 is 4.39 Å². The Hall–Kier alpha value is -2.31. The summed E-state index contributed by atoms with van der Waals surface area (Å²) in [4.78, 5) is 2.11. The Kier molecular flexibility index (Phi) is 4.97. The zero-order chi connectivity index (χ0) is 15.2. The van der Waals surface area contributed by atoms with Gasteiger partial charge in [-0.1, -0.05) is 35.6 Å². The molecule has 2 rings (SSSR count). The Morgan fingerprint density at radius 1 is 1.14 bits per heavy atom. The van der Waals surface area contributed by atoms with E-state index in [1.807, 2.05) is 7.05 Å². The van der Waals surface area contributed by atoms with Crippen molar-refractivity contribution in [2.45, 2.75) is 13.5 Å². The van der Waals surface area contributed by atoms with Crippen LogP contribution in [0.1, 0.15) is 16.7 Å². The van der Waals surface area contributed by atoms with E-state index in [4.69, 9.17) is 5.73 Å². The van der Waals surface area contributed by atoms with E-state index in [0.717, 1.165) is 11.3 Å². The van der Waals surface area contributed by atoms with Gasteiger partial charge in [0.1, 0.15) is 5.82 Å².